The summed E-state index contributed by atoms with van der Waals surface area (Å²) in [5.41, 5.74) is 8.02. The van der Waals surface area contributed by atoms with Crippen LogP contribution in [0.5, 0.6) is 0 Å². The van der Waals surface area contributed by atoms with E-state index in [1.807, 2.05) is 6.92 Å². The van der Waals surface area contributed by atoms with Crippen LogP contribution in [-0.2, 0) is 0 Å². The van der Waals surface area contributed by atoms with Crippen molar-refractivity contribution in [2.75, 3.05) is 17.6 Å². The van der Waals surface area contributed by atoms with E-state index in [9.17, 15) is 0 Å². The Bertz CT molecular complexity index is 399. The molecule has 0 bridgehead atoms. The number of pyridine rings is 1. The second-order valence-corrected chi connectivity index (χ2v) is 5.81. The van der Waals surface area contributed by atoms with Gasteiger partial charge < -0.3 is 11.1 Å². The number of halogens is 1. The predicted octanol–water partition coefficient (Wildman–Crippen LogP) is 3.34. The Kier molecular flexibility index (Phi) is 3.10. The van der Waals surface area contributed by atoms with Gasteiger partial charge >= 0.3 is 0 Å². The van der Waals surface area contributed by atoms with Gasteiger partial charge in [0.1, 0.15) is 5.82 Å². The zero-order chi connectivity index (χ0) is 11.8. The highest BCUT2D eigenvalue weighted by molar-refractivity contribution is 9.10. The van der Waals surface area contributed by atoms with Gasteiger partial charge in [-0.3, -0.25) is 0 Å². The highest BCUT2D eigenvalue weighted by Gasteiger charge is 2.31. The second kappa shape index (κ2) is 4.24. The van der Waals surface area contributed by atoms with E-state index in [1.165, 1.54) is 19.3 Å². The maximum atomic E-state index is 5.79. The minimum atomic E-state index is 0.455. The fraction of sp³-hybridized carbons (Fsp3) is 0.583. The minimum Gasteiger partial charge on any atom is -0.397 e. The number of rotatable bonds is 3. The molecule has 1 heterocycles. The fourth-order valence-electron chi connectivity index (χ4n) is 1.97. The minimum absolute atomic E-state index is 0.455. The number of nitrogens with zero attached hydrogens (tertiary/aromatic N) is 1. The molecule has 16 heavy (non-hydrogen) atoms. The van der Waals surface area contributed by atoms with Crippen molar-refractivity contribution in [3.05, 3.63) is 16.2 Å². The van der Waals surface area contributed by atoms with E-state index in [1.54, 1.807) is 6.20 Å². The first-order valence-electron chi connectivity index (χ1n) is 5.66. The highest BCUT2D eigenvalue weighted by Crippen LogP contribution is 2.40. The monoisotopic (exact) mass is 283 g/mol. The Morgan fingerprint density at radius 1 is 1.56 bits per heavy atom. The van der Waals surface area contributed by atoms with Gasteiger partial charge in [-0.2, -0.15) is 0 Å². The normalized spacial score (nSPS) is 17.9. The lowest BCUT2D eigenvalue weighted by molar-refractivity contribution is 0.180. The third-order valence-electron chi connectivity index (χ3n) is 3.55. The van der Waals surface area contributed by atoms with Crippen LogP contribution in [0.15, 0.2) is 10.7 Å². The van der Waals surface area contributed by atoms with Crippen LogP contribution in [0.4, 0.5) is 11.5 Å². The Labute approximate surface area is 105 Å². The molecule has 1 aliphatic carbocycles. The third-order valence-corrected chi connectivity index (χ3v) is 4.52. The molecule has 0 spiro atoms. The van der Waals surface area contributed by atoms with Gasteiger partial charge in [0, 0.05) is 6.54 Å². The molecule has 0 aliphatic heterocycles. The smallest absolute Gasteiger partial charge is 0.140 e. The summed E-state index contributed by atoms with van der Waals surface area (Å²) in [5.74, 6) is 0.903. The highest BCUT2D eigenvalue weighted by atomic mass is 79.9. The molecule has 0 unspecified atom stereocenters. The molecule has 1 aliphatic rings. The molecule has 3 N–H and O–H groups in total. The maximum Gasteiger partial charge on any atom is 0.140 e. The Morgan fingerprint density at radius 3 is 2.81 bits per heavy atom. The van der Waals surface area contributed by atoms with Gasteiger partial charge in [0.15, 0.2) is 0 Å². The van der Waals surface area contributed by atoms with Gasteiger partial charge in [-0.15, -0.1) is 0 Å². The Balaban J connectivity index is 2.07. The van der Waals surface area contributed by atoms with E-state index in [0.717, 1.165) is 28.1 Å². The van der Waals surface area contributed by atoms with Crippen LogP contribution >= 0.6 is 15.9 Å². The average Bonchev–Trinajstić information content (AvgIpc) is 2.22. The predicted molar refractivity (Wildman–Crippen MR) is 71.5 cm³/mol. The van der Waals surface area contributed by atoms with Crippen LogP contribution in [-0.4, -0.2) is 11.5 Å². The number of aromatic nitrogens is 1. The molecule has 0 amide bonds. The Hall–Kier alpha value is -0.770. The summed E-state index contributed by atoms with van der Waals surface area (Å²) >= 11 is 3.53. The summed E-state index contributed by atoms with van der Waals surface area (Å²) in [6, 6.07) is 0. The van der Waals surface area contributed by atoms with Crippen molar-refractivity contribution in [1.29, 1.82) is 0 Å². The van der Waals surface area contributed by atoms with Crippen LogP contribution in [0.3, 0.4) is 0 Å². The van der Waals surface area contributed by atoms with Crippen molar-refractivity contribution in [3.63, 3.8) is 0 Å². The molecule has 2 rings (SSSR count). The quantitative estimate of drug-likeness (QED) is 0.895. The molecule has 3 nitrogen and oxygen atoms in total. The van der Waals surface area contributed by atoms with Gasteiger partial charge in [-0.25, -0.2) is 4.98 Å². The van der Waals surface area contributed by atoms with Crippen molar-refractivity contribution < 1.29 is 0 Å². The van der Waals surface area contributed by atoms with E-state index < -0.39 is 0 Å². The van der Waals surface area contributed by atoms with E-state index in [0.29, 0.717) is 5.41 Å². The molecular formula is C12H18BrN3. The number of nitrogen functional groups attached to an aromatic ring is 1. The summed E-state index contributed by atoms with van der Waals surface area (Å²) in [6.07, 6.45) is 5.69. The molecule has 0 saturated heterocycles. The summed E-state index contributed by atoms with van der Waals surface area (Å²) in [6.45, 7) is 5.31. The fourth-order valence-corrected chi connectivity index (χ4v) is 2.44. The summed E-state index contributed by atoms with van der Waals surface area (Å²) in [4.78, 5) is 4.32. The van der Waals surface area contributed by atoms with Crippen molar-refractivity contribution in [1.82, 2.24) is 4.98 Å². The second-order valence-electron chi connectivity index (χ2n) is 5.02. The molecule has 1 fully saturated rings. The molecule has 1 aromatic heterocycles. The molecule has 1 aromatic rings. The summed E-state index contributed by atoms with van der Waals surface area (Å²) < 4.78 is 0.982. The van der Waals surface area contributed by atoms with Crippen molar-refractivity contribution in [2.45, 2.75) is 33.1 Å². The first-order valence-corrected chi connectivity index (χ1v) is 6.46. The number of nitrogens with two attached hydrogens (primary N) is 1. The van der Waals surface area contributed by atoms with Crippen LogP contribution in [0.2, 0.25) is 0 Å². The lowest BCUT2D eigenvalue weighted by Gasteiger charge is -2.38. The van der Waals surface area contributed by atoms with Gasteiger partial charge in [-0.05, 0) is 46.7 Å². The van der Waals surface area contributed by atoms with E-state index in [2.05, 4.69) is 33.2 Å². The molecule has 0 aromatic carbocycles. The lowest BCUT2D eigenvalue weighted by Crippen LogP contribution is -2.33. The number of anilines is 2. The third kappa shape index (κ3) is 2.17. The largest absolute Gasteiger partial charge is 0.397 e. The zero-order valence-electron chi connectivity index (χ0n) is 9.81. The summed E-state index contributed by atoms with van der Waals surface area (Å²) in [5, 5.41) is 3.41. The van der Waals surface area contributed by atoms with Gasteiger partial charge in [0.2, 0.25) is 0 Å². The maximum absolute atomic E-state index is 5.79. The van der Waals surface area contributed by atoms with Gasteiger partial charge in [0.05, 0.1) is 16.4 Å². The van der Waals surface area contributed by atoms with Crippen LogP contribution < -0.4 is 11.1 Å². The van der Waals surface area contributed by atoms with Gasteiger partial charge in [-0.1, -0.05) is 13.3 Å². The number of hydrogen-bond donors (Lipinski definition) is 2. The van der Waals surface area contributed by atoms with Crippen molar-refractivity contribution in [3.8, 4) is 0 Å². The van der Waals surface area contributed by atoms with E-state index >= 15 is 0 Å². The number of hydrogen-bond acceptors (Lipinski definition) is 3. The van der Waals surface area contributed by atoms with Crippen molar-refractivity contribution >= 4 is 27.4 Å². The van der Waals surface area contributed by atoms with E-state index in [-0.39, 0.29) is 0 Å². The molecule has 4 heteroatoms. The van der Waals surface area contributed by atoms with Crippen LogP contribution in [0, 0.1) is 12.3 Å². The zero-order valence-corrected chi connectivity index (χ0v) is 11.4. The van der Waals surface area contributed by atoms with Gasteiger partial charge in [0.25, 0.3) is 0 Å². The first kappa shape index (κ1) is 11.7. The van der Waals surface area contributed by atoms with Crippen LogP contribution in [0.25, 0.3) is 0 Å². The van der Waals surface area contributed by atoms with E-state index in [4.69, 9.17) is 5.73 Å². The molecule has 88 valence electrons. The van der Waals surface area contributed by atoms with Crippen molar-refractivity contribution in [2.24, 2.45) is 5.41 Å². The molecule has 0 radical (unpaired) electrons. The molecule has 0 atom stereocenters. The lowest BCUT2D eigenvalue weighted by atomic mass is 9.70. The number of nitrogens with one attached hydrogen (secondary N) is 1. The standard InChI is InChI=1S/C12H18BrN3/c1-8-9(14)6-15-11(10(8)13)16-7-12(2)4-3-5-12/h6H,3-5,7,14H2,1-2H3,(H,15,16). The first-order chi connectivity index (χ1) is 7.52. The Morgan fingerprint density at radius 2 is 2.25 bits per heavy atom. The summed E-state index contributed by atoms with van der Waals surface area (Å²) in [7, 11) is 0. The average molecular weight is 284 g/mol. The van der Waals surface area contributed by atoms with Crippen LogP contribution in [0.1, 0.15) is 31.7 Å². The molecular weight excluding hydrogens is 266 g/mol. The molecule has 1 saturated carbocycles. The topological polar surface area (TPSA) is 50.9 Å². The SMILES string of the molecule is Cc1c(N)cnc(NCC2(C)CCC2)c1Br.